The van der Waals surface area contributed by atoms with E-state index in [-0.39, 0.29) is 29.6 Å². The summed E-state index contributed by atoms with van der Waals surface area (Å²) in [5.74, 6) is 0.407. The van der Waals surface area contributed by atoms with Crippen LogP contribution >= 0.6 is 0 Å². The highest BCUT2D eigenvalue weighted by molar-refractivity contribution is 7.92. The number of aromatic nitrogens is 2. The molecule has 0 aliphatic rings. The normalized spacial score (nSPS) is 11.6. The van der Waals surface area contributed by atoms with Crippen LogP contribution in [0.4, 0.5) is 20.7 Å². The fourth-order valence-corrected chi connectivity index (χ4v) is 5.11. The lowest BCUT2D eigenvalue weighted by Crippen LogP contribution is -2.31. The van der Waals surface area contributed by atoms with Crippen LogP contribution in [0, 0.1) is 5.82 Å². The Bertz CT molecular complexity index is 1550. The summed E-state index contributed by atoms with van der Waals surface area (Å²) in [4.78, 5) is 21.2. The molecule has 1 heterocycles. The highest BCUT2D eigenvalue weighted by atomic mass is 32.2. The highest BCUT2D eigenvalue weighted by Gasteiger charge is 2.39. The number of aliphatic hydroxyl groups is 1. The van der Waals surface area contributed by atoms with Crippen molar-refractivity contribution in [1.82, 2.24) is 9.97 Å². The third-order valence-corrected chi connectivity index (χ3v) is 8.35. The summed E-state index contributed by atoms with van der Waals surface area (Å²) in [6.07, 6.45) is -0.657. The quantitative estimate of drug-likeness (QED) is 0.248. The minimum Gasteiger partial charge on any atom is -0.410 e. The number of carbonyl (C=O) groups is 1. The first-order valence-corrected chi connectivity index (χ1v) is 13.5. The number of ether oxygens (including phenoxy) is 1. The van der Waals surface area contributed by atoms with Crippen molar-refractivity contribution in [3.05, 3.63) is 96.4 Å². The third kappa shape index (κ3) is 6.39. The molecule has 0 saturated heterocycles. The van der Waals surface area contributed by atoms with Crippen LogP contribution in [-0.2, 0) is 14.6 Å². The van der Waals surface area contributed by atoms with Gasteiger partial charge in [-0.05, 0) is 74.5 Å². The largest absolute Gasteiger partial charge is 0.417 e. The van der Waals surface area contributed by atoms with Gasteiger partial charge in [0.15, 0.2) is 15.7 Å². The van der Waals surface area contributed by atoms with Gasteiger partial charge in [0.25, 0.3) is 0 Å². The number of nitrogens with one attached hydrogen (secondary N) is 2. The fourth-order valence-electron chi connectivity index (χ4n) is 3.65. The lowest BCUT2D eigenvalue weighted by Gasteiger charge is -2.25. The van der Waals surface area contributed by atoms with Gasteiger partial charge >= 0.3 is 6.09 Å². The van der Waals surface area contributed by atoms with Crippen LogP contribution in [0.25, 0.3) is 11.4 Å². The predicted octanol–water partition coefficient (Wildman–Crippen LogP) is 5.01. The molecule has 202 valence electrons. The van der Waals surface area contributed by atoms with Crippen LogP contribution in [0.5, 0.6) is 5.75 Å². The first-order chi connectivity index (χ1) is 18.6. The van der Waals surface area contributed by atoms with E-state index < -0.39 is 26.5 Å². The molecule has 0 saturated carbocycles. The molecule has 3 N–H and O–H groups in total. The van der Waals surface area contributed by atoms with Crippen LogP contribution in [0.1, 0.15) is 19.5 Å². The van der Waals surface area contributed by atoms with Gasteiger partial charge in [-0.1, -0.05) is 18.2 Å². The van der Waals surface area contributed by atoms with Crippen LogP contribution in [0.15, 0.2) is 89.8 Å². The number of para-hydroxylation sites is 1. The van der Waals surface area contributed by atoms with Gasteiger partial charge in [-0.15, -0.1) is 0 Å². The van der Waals surface area contributed by atoms with E-state index in [0.29, 0.717) is 22.8 Å². The van der Waals surface area contributed by atoms with Gasteiger partial charge in [0, 0.05) is 23.9 Å². The monoisotopic (exact) mass is 550 g/mol. The van der Waals surface area contributed by atoms with Crippen molar-refractivity contribution in [2.75, 3.05) is 23.8 Å². The van der Waals surface area contributed by atoms with E-state index >= 15 is 0 Å². The molecule has 0 bridgehead atoms. The van der Waals surface area contributed by atoms with Crippen molar-refractivity contribution >= 4 is 27.4 Å². The predicted molar refractivity (Wildman–Crippen MR) is 146 cm³/mol. The molecule has 0 aliphatic heterocycles. The second kappa shape index (κ2) is 11.6. The van der Waals surface area contributed by atoms with Crippen molar-refractivity contribution in [2.45, 2.75) is 23.5 Å². The topological polar surface area (TPSA) is 131 Å². The number of aliphatic hydroxyl groups excluding tert-OH is 1. The lowest BCUT2D eigenvalue weighted by molar-refractivity contribution is 0.215. The molecule has 9 nitrogen and oxygen atoms in total. The van der Waals surface area contributed by atoms with Gasteiger partial charge in [0.2, 0.25) is 0 Å². The molecule has 4 aromatic rings. The van der Waals surface area contributed by atoms with E-state index in [9.17, 15) is 22.7 Å². The Morgan fingerprint density at radius 2 is 1.64 bits per heavy atom. The first-order valence-electron chi connectivity index (χ1n) is 12.0. The second-order valence-electron chi connectivity index (χ2n) is 8.99. The minimum atomic E-state index is -3.99. The molecule has 0 spiro atoms. The Morgan fingerprint density at radius 1 is 0.974 bits per heavy atom. The van der Waals surface area contributed by atoms with Gasteiger partial charge in [-0.25, -0.2) is 27.6 Å². The Balaban J connectivity index is 1.63. The molecule has 0 fully saturated rings. The molecule has 4 rings (SSSR count). The average molecular weight is 551 g/mol. The van der Waals surface area contributed by atoms with Gasteiger partial charge in [0.1, 0.15) is 22.1 Å². The van der Waals surface area contributed by atoms with Crippen molar-refractivity contribution < 1.29 is 27.4 Å². The zero-order valence-corrected chi connectivity index (χ0v) is 22.1. The Kier molecular flexibility index (Phi) is 8.22. The number of rotatable bonds is 9. The number of anilines is 2. The van der Waals surface area contributed by atoms with Crippen LogP contribution in [0.2, 0.25) is 0 Å². The number of amides is 1. The van der Waals surface area contributed by atoms with Crippen LogP contribution in [0.3, 0.4) is 0 Å². The van der Waals surface area contributed by atoms with Crippen LogP contribution in [-0.4, -0.2) is 42.7 Å². The van der Waals surface area contributed by atoms with Gasteiger partial charge in [-0.3, -0.25) is 5.32 Å². The van der Waals surface area contributed by atoms with Gasteiger partial charge < -0.3 is 15.2 Å². The summed E-state index contributed by atoms with van der Waals surface area (Å²) >= 11 is 0. The summed E-state index contributed by atoms with van der Waals surface area (Å²) in [6.45, 7) is 3.05. The molecule has 0 radical (unpaired) electrons. The van der Waals surface area contributed by atoms with E-state index in [1.54, 1.807) is 48.5 Å². The van der Waals surface area contributed by atoms with E-state index in [1.807, 2.05) is 6.07 Å². The van der Waals surface area contributed by atoms with E-state index in [0.717, 1.165) is 12.1 Å². The zero-order chi connectivity index (χ0) is 28.0. The lowest BCUT2D eigenvalue weighted by atomic mass is 10.1. The molecule has 0 unspecified atom stereocenters. The van der Waals surface area contributed by atoms with Gasteiger partial charge in [-0.2, -0.15) is 0 Å². The maximum absolute atomic E-state index is 13.5. The standard InChI is InChI=1S/C28H27FN4O5S/c1-28(2,39(36,37)23-14-10-20(29)11-15-23)24-18-25(30-16-17-34)33-26(32-24)19-8-12-21(13-9-19)31-27(35)38-22-6-4-3-5-7-22/h3-15,18,34H,16-17H2,1-2H3,(H,31,35)(H,30,32,33). The molecule has 1 aromatic heterocycles. The summed E-state index contributed by atoms with van der Waals surface area (Å²) in [6, 6.07) is 21.4. The first kappa shape index (κ1) is 27.7. The zero-order valence-electron chi connectivity index (χ0n) is 21.3. The molecular weight excluding hydrogens is 523 g/mol. The second-order valence-corrected chi connectivity index (χ2v) is 11.5. The summed E-state index contributed by atoms with van der Waals surface area (Å²) in [5, 5.41) is 14.9. The SMILES string of the molecule is CC(C)(c1cc(NCCO)nc(-c2ccc(NC(=O)Oc3ccccc3)cc2)n1)S(=O)(=O)c1ccc(F)cc1. The van der Waals surface area contributed by atoms with E-state index in [4.69, 9.17) is 4.74 Å². The smallest absolute Gasteiger partial charge is 0.410 e. The molecule has 3 aromatic carbocycles. The number of halogens is 1. The number of benzene rings is 3. The Morgan fingerprint density at radius 3 is 2.28 bits per heavy atom. The minimum absolute atomic E-state index is 0.0447. The number of sulfone groups is 1. The summed E-state index contributed by atoms with van der Waals surface area (Å²) in [5.41, 5.74) is 1.22. The van der Waals surface area contributed by atoms with E-state index in [1.165, 1.54) is 32.0 Å². The fraction of sp³-hybridized carbons (Fsp3) is 0.179. The number of hydrogen-bond donors (Lipinski definition) is 3. The Hall–Kier alpha value is -4.35. The molecule has 0 aliphatic carbocycles. The number of hydrogen-bond acceptors (Lipinski definition) is 8. The van der Waals surface area contributed by atoms with Crippen molar-refractivity contribution in [2.24, 2.45) is 0 Å². The van der Waals surface area contributed by atoms with Crippen LogP contribution < -0.4 is 15.4 Å². The summed E-state index contributed by atoms with van der Waals surface area (Å²) < 4.78 is 44.2. The molecular formula is C28H27FN4O5S. The number of nitrogens with zero attached hydrogens (tertiary/aromatic N) is 2. The van der Waals surface area contributed by atoms with Crippen molar-refractivity contribution in [1.29, 1.82) is 0 Å². The average Bonchev–Trinajstić information content (AvgIpc) is 2.93. The summed E-state index contributed by atoms with van der Waals surface area (Å²) in [7, 11) is -3.99. The van der Waals surface area contributed by atoms with Crippen molar-refractivity contribution in [3.8, 4) is 17.1 Å². The molecule has 11 heteroatoms. The van der Waals surface area contributed by atoms with Crippen molar-refractivity contribution in [3.63, 3.8) is 0 Å². The molecule has 39 heavy (non-hydrogen) atoms. The number of carbonyl (C=O) groups excluding carboxylic acids is 1. The van der Waals surface area contributed by atoms with E-state index in [2.05, 4.69) is 20.6 Å². The Labute approximate surface area is 225 Å². The highest BCUT2D eigenvalue weighted by Crippen LogP contribution is 2.36. The third-order valence-electron chi connectivity index (χ3n) is 5.90. The molecule has 0 atom stereocenters. The maximum atomic E-state index is 13.5. The van der Waals surface area contributed by atoms with Gasteiger partial charge in [0.05, 0.1) is 17.2 Å². The maximum Gasteiger partial charge on any atom is 0.417 e. The molecule has 1 amide bonds.